The summed E-state index contributed by atoms with van der Waals surface area (Å²) in [5, 5.41) is 20.0. The zero-order valence-electron chi connectivity index (χ0n) is 22.8. The second kappa shape index (κ2) is 12.5. The normalized spacial score (nSPS) is 16.4. The molecule has 4 rings (SSSR count). The van der Waals surface area contributed by atoms with Gasteiger partial charge in [-0.25, -0.2) is 8.78 Å². The molecule has 3 heterocycles. The second-order valence-electron chi connectivity index (χ2n) is 10.2. The maximum Gasteiger partial charge on any atom is 0.264 e. The summed E-state index contributed by atoms with van der Waals surface area (Å²) >= 11 is 0. The first-order valence-corrected chi connectivity index (χ1v) is 13.4. The van der Waals surface area contributed by atoms with E-state index in [1.54, 1.807) is 40.0 Å². The van der Waals surface area contributed by atoms with Gasteiger partial charge in [-0.3, -0.25) is 14.9 Å². The number of fused-ring (bicyclic) bond motifs is 1. The number of benzene rings is 1. The van der Waals surface area contributed by atoms with Crippen LogP contribution in [0.1, 0.15) is 50.2 Å². The fraction of sp³-hybridized carbons (Fsp3) is 0.500. The van der Waals surface area contributed by atoms with Crippen molar-refractivity contribution in [3.63, 3.8) is 0 Å². The van der Waals surface area contributed by atoms with Gasteiger partial charge in [-0.15, -0.1) is 0 Å². The molecular weight excluding hydrogens is 504 g/mol. The first-order chi connectivity index (χ1) is 18.7. The molecule has 0 bridgehead atoms. The summed E-state index contributed by atoms with van der Waals surface area (Å²) in [7, 11) is 3.60. The molecule has 0 saturated carbocycles. The molecule has 0 radical (unpaired) electrons. The third-order valence-electron chi connectivity index (χ3n) is 7.47. The van der Waals surface area contributed by atoms with E-state index in [0.717, 1.165) is 36.9 Å². The van der Waals surface area contributed by atoms with Crippen LogP contribution in [0.4, 0.5) is 14.5 Å². The van der Waals surface area contributed by atoms with Crippen LogP contribution in [-0.2, 0) is 23.1 Å². The molecular formula is C28H37F2N7O2. The first kappa shape index (κ1) is 28.4. The van der Waals surface area contributed by atoms with Crippen LogP contribution in [0.5, 0.6) is 0 Å². The molecule has 3 N–H and O–H groups in total. The predicted molar refractivity (Wildman–Crippen MR) is 147 cm³/mol. The monoisotopic (exact) mass is 541 g/mol. The van der Waals surface area contributed by atoms with Crippen LogP contribution >= 0.6 is 0 Å². The number of carbonyl (C=O) groups is 2. The minimum Gasteiger partial charge on any atom is -0.385 e. The highest BCUT2D eigenvalue weighted by Gasteiger charge is 2.31. The Balaban J connectivity index is 1.73. The van der Waals surface area contributed by atoms with Crippen molar-refractivity contribution < 1.29 is 18.4 Å². The number of nitrogens with one attached hydrogen (secondary N) is 3. The van der Waals surface area contributed by atoms with Gasteiger partial charge in [-0.2, -0.15) is 5.10 Å². The second-order valence-corrected chi connectivity index (χ2v) is 10.2. The lowest BCUT2D eigenvalue weighted by Gasteiger charge is -2.38. The Labute approximate surface area is 227 Å². The number of aromatic nitrogens is 2. The molecule has 210 valence electrons. The molecule has 2 aliphatic heterocycles. The van der Waals surface area contributed by atoms with Gasteiger partial charge in [0.25, 0.3) is 6.43 Å². The fourth-order valence-corrected chi connectivity index (χ4v) is 5.37. The number of hydrogen-bond acceptors (Lipinski definition) is 6. The number of anilines is 1. The van der Waals surface area contributed by atoms with E-state index in [4.69, 9.17) is 0 Å². The van der Waals surface area contributed by atoms with Crippen LogP contribution in [0.3, 0.4) is 0 Å². The van der Waals surface area contributed by atoms with Gasteiger partial charge < -0.3 is 25.2 Å². The molecule has 0 aliphatic carbocycles. The average molecular weight is 542 g/mol. The van der Waals surface area contributed by atoms with Crippen LogP contribution in [-0.4, -0.2) is 72.0 Å². The Hall–Kier alpha value is -3.60. The van der Waals surface area contributed by atoms with Gasteiger partial charge in [0.1, 0.15) is 12.1 Å². The van der Waals surface area contributed by atoms with Gasteiger partial charge in [0.15, 0.2) is 0 Å². The minimum absolute atomic E-state index is 0.0842. The Bertz CT molecular complexity index is 1260. The molecule has 2 aromatic rings. The summed E-state index contributed by atoms with van der Waals surface area (Å²) < 4.78 is 30.2. The Morgan fingerprint density at radius 2 is 2.05 bits per heavy atom. The van der Waals surface area contributed by atoms with Gasteiger partial charge in [0, 0.05) is 80.2 Å². The summed E-state index contributed by atoms with van der Waals surface area (Å²) in [6.45, 7) is 3.49. The summed E-state index contributed by atoms with van der Waals surface area (Å²) in [6.07, 6.45) is 4.54. The van der Waals surface area contributed by atoms with Gasteiger partial charge in [-0.1, -0.05) is 0 Å². The van der Waals surface area contributed by atoms with Crippen molar-refractivity contribution in [3.8, 4) is 11.1 Å². The Morgan fingerprint density at radius 1 is 1.26 bits per heavy atom. The molecule has 1 aromatic carbocycles. The molecule has 11 heteroatoms. The van der Waals surface area contributed by atoms with E-state index in [-0.39, 0.29) is 29.9 Å². The number of alkyl halides is 2. The van der Waals surface area contributed by atoms with Gasteiger partial charge in [0.05, 0.1) is 12.7 Å². The first-order valence-electron chi connectivity index (χ1n) is 13.4. The van der Waals surface area contributed by atoms with Crippen LogP contribution in [0.2, 0.25) is 0 Å². The van der Waals surface area contributed by atoms with E-state index >= 15 is 0 Å². The van der Waals surface area contributed by atoms with Crippen molar-refractivity contribution >= 4 is 23.7 Å². The Morgan fingerprint density at radius 3 is 2.69 bits per heavy atom. The molecule has 9 nitrogen and oxygen atoms in total. The molecule has 0 fully saturated rings. The quantitative estimate of drug-likeness (QED) is 0.242. The van der Waals surface area contributed by atoms with Crippen molar-refractivity contribution in [3.05, 3.63) is 46.9 Å². The van der Waals surface area contributed by atoms with Crippen LogP contribution < -0.4 is 15.5 Å². The molecule has 2 aliphatic rings. The van der Waals surface area contributed by atoms with Crippen LogP contribution in [0.15, 0.2) is 35.8 Å². The Kier molecular flexibility index (Phi) is 9.11. The molecule has 1 atom stereocenters. The number of rotatable bonds is 10. The highest BCUT2D eigenvalue weighted by molar-refractivity contribution is 6.09. The predicted octanol–water partition coefficient (Wildman–Crippen LogP) is 3.42. The zero-order chi connectivity index (χ0) is 28.1. The van der Waals surface area contributed by atoms with Gasteiger partial charge >= 0.3 is 0 Å². The summed E-state index contributed by atoms with van der Waals surface area (Å²) in [5.41, 5.74) is 3.96. The maximum absolute atomic E-state index is 14.3. The highest BCUT2D eigenvalue weighted by Crippen LogP contribution is 2.39. The number of aldehydes is 1. The van der Waals surface area contributed by atoms with E-state index in [1.807, 2.05) is 7.05 Å². The molecule has 0 spiro atoms. The van der Waals surface area contributed by atoms with Gasteiger partial charge in [-0.05, 0) is 56.1 Å². The third-order valence-corrected chi connectivity index (χ3v) is 7.47. The maximum atomic E-state index is 14.3. The number of aryl methyl sites for hydroxylation is 2. The topological polar surface area (TPSA) is 106 Å². The lowest BCUT2D eigenvalue weighted by Crippen LogP contribution is -2.46. The zero-order valence-corrected chi connectivity index (χ0v) is 22.8. The highest BCUT2D eigenvalue weighted by atomic mass is 19.3. The molecule has 1 unspecified atom stereocenters. The number of amides is 1. The van der Waals surface area contributed by atoms with Crippen molar-refractivity contribution in [2.45, 2.75) is 51.5 Å². The van der Waals surface area contributed by atoms with E-state index in [2.05, 4.69) is 15.7 Å². The lowest BCUT2D eigenvalue weighted by atomic mass is 9.92. The average Bonchev–Trinajstić information content (AvgIpc) is 3.36. The van der Waals surface area contributed by atoms with Crippen molar-refractivity contribution in [2.75, 3.05) is 38.1 Å². The smallest absolute Gasteiger partial charge is 0.264 e. The number of carbonyl (C=O) groups excluding carboxylic acids is 2. The largest absolute Gasteiger partial charge is 0.385 e. The SMILES string of the molecule is CNCCC(CC=O)NC1=C(C(=N)N2CCCc3cc(-c4cnn(C)c4)c(C(F)F)cc32)CN(C(C)=O)CC1. The lowest BCUT2D eigenvalue weighted by molar-refractivity contribution is -0.128. The molecule has 0 saturated heterocycles. The van der Waals surface area contributed by atoms with Crippen LogP contribution in [0.25, 0.3) is 11.1 Å². The summed E-state index contributed by atoms with van der Waals surface area (Å²) in [4.78, 5) is 27.1. The molecule has 1 amide bonds. The standard InChI is InChI=1S/C28H37F2N7O2/c1-18(39)36-11-7-25(34-21(8-12-38)6-9-32-2)24(17-36)28(31)37-10-4-5-19-13-22(20-15-33-35(3)16-20)23(27(29)30)14-26(19)37/h12-16,21,27,31-32,34H,4-11,17H2,1-3H3. The number of halogens is 2. The van der Waals surface area contributed by atoms with E-state index in [9.17, 15) is 23.8 Å². The van der Waals surface area contributed by atoms with Crippen LogP contribution in [0, 0.1) is 5.41 Å². The summed E-state index contributed by atoms with van der Waals surface area (Å²) in [5.74, 6) is 0.108. The van der Waals surface area contributed by atoms with Crippen molar-refractivity contribution in [1.29, 1.82) is 5.41 Å². The van der Waals surface area contributed by atoms with E-state index in [0.29, 0.717) is 54.7 Å². The van der Waals surface area contributed by atoms with E-state index in [1.165, 1.54) is 13.0 Å². The molecule has 39 heavy (non-hydrogen) atoms. The number of amidine groups is 1. The minimum atomic E-state index is -2.70. The van der Waals surface area contributed by atoms with Crippen molar-refractivity contribution in [1.82, 2.24) is 25.3 Å². The van der Waals surface area contributed by atoms with Crippen molar-refractivity contribution in [2.24, 2.45) is 7.05 Å². The van der Waals surface area contributed by atoms with E-state index < -0.39 is 6.43 Å². The summed E-state index contributed by atoms with van der Waals surface area (Å²) in [6, 6.07) is 3.21. The third kappa shape index (κ3) is 6.35. The fourth-order valence-electron chi connectivity index (χ4n) is 5.37. The molecule has 1 aromatic heterocycles. The number of nitrogens with zero attached hydrogens (tertiary/aromatic N) is 4. The van der Waals surface area contributed by atoms with Gasteiger partial charge in [0.2, 0.25) is 5.91 Å². The number of hydrogen-bond donors (Lipinski definition) is 3.